The van der Waals surface area contributed by atoms with Gasteiger partial charge in [-0.3, -0.25) is 9.97 Å². The lowest BCUT2D eigenvalue weighted by Gasteiger charge is -2.07. The topological polar surface area (TPSA) is 83.1 Å². The molecule has 4 aromatic heterocycles. The number of pyridine rings is 2. The van der Waals surface area contributed by atoms with Crippen LogP contribution in [0.1, 0.15) is 63.8 Å². The normalized spacial score (nSPS) is 11.8. The number of unbranched alkanes of at least 4 members (excludes halogenated alkanes) is 1. The highest BCUT2D eigenvalue weighted by Crippen LogP contribution is 2.28. The summed E-state index contributed by atoms with van der Waals surface area (Å²) in [7, 11) is 0. The maximum Gasteiger partial charge on any atom is 0.140 e. The molecule has 0 unspecified atom stereocenters. The van der Waals surface area contributed by atoms with Crippen LogP contribution in [-0.2, 0) is 6.42 Å². The zero-order valence-electron chi connectivity index (χ0n) is 19.5. The van der Waals surface area contributed by atoms with E-state index in [0.29, 0.717) is 5.92 Å². The molecule has 0 bridgehead atoms. The van der Waals surface area contributed by atoms with Crippen molar-refractivity contribution < 1.29 is 0 Å². The molecule has 0 aliphatic rings. The van der Waals surface area contributed by atoms with Crippen molar-refractivity contribution in [2.75, 3.05) is 0 Å². The van der Waals surface area contributed by atoms with Crippen LogP contribution in [0.5, 0.6) is 0 Å². The molecule has 5 aromatic rings. The highest BCUT2D eigenvalue weighted by Gasteiger charge is 2.14. The second-order valence-electron chi connectivity index (χ2n) is 8.69. The molecule has 4 heterocycles. The standard InChI is InChI=1S/C27H30N6/c1-4-7-8-17-9-11-20(28-15-17)21-12-10-19(16-29-21)27-32-24-13-22-23(14-25(24)33-27)31-26(30-22)18(5-2)6-3/h9-16,18H,4-8H2,1-3H3,(H,30,31)(H,32,33). The Morgan fingerprint density at radius 3 is 2.18 bits per heavy atom. The molecule has 0 aliphatic carbocycles. The van der Waals surface area contributed by atoms with Crippen molar-refractivity contribution in [3.63, 3.8) is 0 Å². The van der Waals surface area contributed by atoms with Crippen LogP contribution in [0.25, 0.3) is 44.8 Å². The minimum atomic E-state index is 0.464. The quantitative estimate of drug-likeness (QED) is 0.279. The molecule has 6 heteroatoms. The molecule has 1 aromatic carbocycles. The summed E-state index contributed by atoms with van der Waals surface area (Å²) in [5, 5.41) is 0. The Labute approximate surface area is 193 Å². The van der Waals surface area contributed by atoms with Gasteiger partial charge in [-0.25, -0.2) is 9.97 Å². The molecule has 33 heavy (non-hydrogen) atoms. The van der Waals surface area contributed by atoms with Crippen molar-refractivity contribution in [2.45, 2.75) is 58.8 Å². The molecule has 168 valence electrons. The van der Waals surface area contributed by atoms with Gasteiger partial charge in [0.1, 0.15) is 11.6 Å². The molecule has 0 amide bonds. The first-order chi connectivity index (χ1) is 16.2. The van der Waals surface area contributed by atoms with E-state index in [-0.39, 0.29) is 0 Å². The Morgan fingerprint density at radius 2 is 1.52 bits per heavy atom. The summed E-state index contributed by atoms with van der Waals surface area (Å²) in [5.74, 6) is 2.33. The largest absolute Gasteiger partial charge is 0.342 e. The van der Waals surface area contributed by atoms with Crippen LogP contribution in [0, 0.1) is 0 Å². The molecular weight excluding hydrogens is 408 g/mol. The number of aryl methyl sites for hydroxylation is 1. The van der Waals surface area contributed by atoms with Gasteiger partial charge in [-0.1, -0.05) is 33.3 Å². The van der Waals surface area contributed by atoms with E-state index in [9.17, 15) is 0 Å². The SMILES string of the molecule is CCCCc1ccc(-c2ccc(-c3nc4cc5nc(C(CC)CC)[nH]c5cc4[nH]3)cn2)nc1. The van der Waals surface area contributed by atoms with Gasteiger partial charge in [0.2, 0.25) is 0 Å². The van der Waals surface area contributed by atoms with E-state index < -0.39 is 0 Å². The number of nitrogens with one attached hydrogen (secondary N) is 2. The third kappa shape index (κ3) is 4.25. The van der Waals surface area contributed by atoms with E-state index in [4.69, 9.17) is 9.97 Å². The number of nitrogens with zero attached hydrogens (tertiary/aromatic N) is 4. The van der Waals surface area contributed by atoms with Gasteiger partial charge in [-0.15, -0.1) is 0 Å². The third-order valence-corrected chi connectivity index (χ3v) is 6.42. The van der Waals surface area contributed by atoms with E-state index >= 15 is 0 Å². The van der Waals surface area contributed by atoms with Crippen molar-refractivity contribution in [2.24, 2.45) is 0 Å². The van der Waals surface area contributed by atoms with Gasteiger partial charge in [0.05, 0.1) is 33.5 Å². The number of hydrogen-bond donors (Lipinski definition) is 2. The number of aromatic amines is 2. The number of hydrogen-bond acceptors (Lipinski definition) is 4. The van der Waals surface area contributed by atoms with Crippen molar-refractivity contribution in [1.29, 1.82) is 0 Å². The summed E-state index contributed by atoms with van der Waals surface area (Å²) in [5.41, 5.74) is 7.88. The number of aromatic nitrogens is 6. The lowest BCUT2D eigenvalue weighted by molar-refractivity contribution is 0.611. The zero-order chi connectivity index (χ0) is 22.8. The second-order valence-corrected chi connectivity index (χ2v) is 8.69. The molecule has 6 nitrogen and oxygen atoms in total. The Hall–Kier alpha value is -3.54. The van der Waals surface area contributed by atoms with Gasteiger partial charge < -0.3 is 9.97 Å². The molecular formula is C27H30N6. The Bertz CT molecular complexity index is 1310. The van der Waals surface area contributed by atoms with Gasteiger partial charge >= 0.3 is 0 Å². The monoisotopic (exact) mass is 438 g/mol. The fourth-order valence-electron chi connectivity index (χ4n) is 4.33. The minimum Gasteiger partial charge on any atom is -0.342 e. The summed E-state index contributed by atoms with van der Waals surface area (Å²) in [6.45, 7) is 6.62. The minimum absolute atomic E-state index is 0.464. The summed E-state index contributed by atoms with van der Waals surface area (Å²) in [6, 6.07) is 12.4. The third-order valence-electron chi connectivity index (χ3n) is 6.42. The summed E-state index contributed by atoms with van der Waals surface area (Å²) >= 11 is 0. The summed E-state index contributed by atoms with van der Waals surface area (Å²) in [6.07, 6.45) is 9.44. The van der Waals surface area contributed by atoms with Crippen LogP contribution >= 0.6 is 0 Å². The van der Waals surface area contributed by atoms with E-state index in [1.54, 1.807) is 0 Å². The van der Waals surface area contributed by atoms with Crippen LogP contribution in [0.3, 0.4) is 0 Å². The van der Waals surface area contributed by atoms with Crippen LogP contribution in [0.2, 0.25) is 0 Å². The molecule has 0 spiro atoms. The van der Waals surface area contributed by atoms with Crippen molar-refractivity contribution in [1.82, 2.24) is 29.9 Å². The first-order valence-electron chi connectivity index (χ1n) is 12.0. The van der Waals surface area contributed by atoms with Gasteiger partial charge in [0.25, 0.3) is 0 Å². The van der Waals surface area contributed by atoms with Crippen LogP contribution < -0.4 is 0 Å². The lowest BCUT2D eigenvalue weighted by atomic mass is 10.0. The Morgan fingerprint density at radius 1 is 0.788 bits per heavy atom. The predicted octanol–water partition coefficient (Wildman–Crippen LogP) is 6.81. The predicted molar refractivity (Wildman–Crippen MR) is 134 cm³/mol. The first kappa shape index (κ1) is 21.3. The summed E-state index contributed by atoms with van der Waals surface area (Å²) < 4.78 is 0. The van der Waals surface area contributed by atoms with E-state index in [2.05, 4.69) is 65.0 Å². The molecule has 2 N–H and O–H groups in total. The van der Waals surface area contributed by atoms with E-state index in [1.807, 2.05) is 24.5 Å². The average molecular weight is 439 g/mol. The molecule has 0 aliphatic heterocycles. The maximum absolute atomic E-state index is 4.83. The van der Waals surface area contributed by atoms with Crippen LogP contribution in [0.4, 0.5) is 0 Å². The van der Waals surface area contributed by atoms with Gasteiger partial charge in [-0.2, -0.15) is 0 Å². The Kier molecular flexibility index (Phi) is 5.90. The van der Waals surface area contributed by atoms with Crippen molar-refractivity contribution in [3.05, 3.63) is 60.2 Å². The second kappa shape index (κ2) is 9.14. The molecule has 0 saturated heterocycles. The highest BCUT2D eigenvalue weighted by atomic mass is 15.0. The molecule has 0 saturated carbocycles. The van der Waals surface area contributed by atoms with Crippen molar-refractivity contribution >= 4 is 22.1 Å². The number of H-pyrrole nitrogens is 2. The van der Waals surface area contributed by atoms with E-state index in [1.165, 1.54) is 18.4 Å². The maximum atomic E-state index is 4.83. The molecule has 5 rings (SSSR count). The average Bonchev–Trinajstić information content (AvgIpc) is 3.45. The number of fused-ring (bicyclic) bond motifs is 2. The smallest absolute Gasteiger partial charge is 0.140 e. The lowest BCUT2D eigenvalue weighted by Crippen LogP contribution is -1.97. The van der Waals surface area contributed by atoms with Gasteiger partial charge in [0, 0.05) is 23.9 Å². The highest BCUT2D eigenvalue weighted by molar-refractivity contribution is 5.92. The number of rotatable bonds is 8. The summed E-state index contributed by atoms with van der Waals surface area (Å²) in [4.78, 5) is 25.8. The molecule has 0 atom stereocenters. The fourth-order valence-corrected chi connectivity index (χ4v) is 4.33. The first-order valence-corrected chi connectivity index (χ1v) is 12.0. The van der Waals surface area contributed by atoms with Crippen molar-refractivity contribution in [3.8, 4) is 22.8 Å². The Balaban J connectivity index is 1.39. The van der Waals surface area contributed by atoms with Gasteiger partial charge in [0.15, 0.2) is 0 Å². The van der Waals surface area contributed by atoms with Crippen LogP contribution in [0.15, 0.2) is 48.8 Å². The fraction of sp³-hybridized carbons (Fsp3) is 0.333. The number of imidazole rings is 2. The molecule has 0 fully saturated rings. The number of benzene rings is 1. The zero-order valence-corrected chi connectivity index (χ0v) is 19.5. The van der Waals surface area contributed by atoms with Crippen LogP contribution in [-0.4, -0.2) is 29.9 Å². The van der Waals surface area contributed by atoms with Gasteiger partial charge in [-0.05, 0) is 61.6 Å². The van der Waals surface area contributed by atoms with E-state index in [0.717, 1.165) is 69.9 Å². The molecule has 0 radical (unpaired) electrons.